The predicted octanol–water partition coefficient (Wildman–Crippen LogP) is 7.97. The third-order valence-electron chi connectivity index (χ3n) is 6.19. The molecule has 1 aromatic heterocycles. The average Bonchev–Trinajstić information content (AvgIpc) is 3.18. The molecule has 0 aliphatic carbocycles. The van der Waals surface area contributed by atoms with Gasteiger partial charge in [0.25, 0.3) is 0 Å². The van der Waals surface area contributed by atoms with Crippen molar-refractivity contribution >= 4 is 11.0 Å². The molecule has 0 fully saturated rings. The van der Waals surface area contributed by atoms with E-state index in [-0.39, 0.29) is 5.92 Å². The first kappa shape index (κ1) is 21.4. The van der Waals surface area contributed by atoms with Gasteiger partial charge in [-0.2, -0.15) is 0 Å². The van der Waals surface area contributed by atoms with E-state index < -0.39 is 0 Å². The highest BCUT2D eigenvalue weighted by molar-refractivity contribution is 5.76. The Hall–Kier alpha value is -2.87. The summed E-state index contributed by atoms with van der Waals surface area (Å²) in [4.78, 5) is 5.17. The second-order valence-corrected chi connectivity index (χ2v) is 8.49. The van der Waals surface area contributed by atoms with Gasteiger partial charge in [0, 0.05) is 6.54 Å². The highest BCUT2D eigenvalue weighted by Crippen LogP contribution is 2.33. The molecule has 3 aromatic carbocycles. The van der Waals surface area contributed by atoms with Gasteiger partial charge in [0.05, 0.1) is 17.0 Å². The summed E-state index contributed by atoms with van der Waals surface area (Å²) in [5.74, 6) is 1.30. The van der Waals surface area contributed by atoms with Crippen molar-refractivity contribution in [3.63, 3.8) is 0 Å². The molecule has 0 saturated carbocycles. The van der Waals surface area contributed by atoms with Gasteiger partial charge < -0.3 is 4.57 Å². The highest BCUT2D eigenvalue weighted by atomic mass is 15.1. The predicted molar refractivity (Wildman–Crippen MR) is 132 cm³/mol. The average molecular weight is 411 g/mol. The van der Waals surface area contributed by atoms with Crippen LogP contribution in [0.25, 0.3) is 11.0 Å². The minimum Gasteiger partial charge on any atom is -0.327 e. The van der Waals surface area contributed by atoms with Crippen LogP contribution >= 0.6 is 0 Å². The Bertz CT molecular complexity index is 1010. The zero-order valence-corrected chi connectivity index (χ0v) is 18.7. The van der Waals surface area contributed by atoms with Crippen LogP contribution in [0.3, 0.4) is 0 Å². The summed E-state index contributed by atoms with van der Waals surface area (Å²) in [6, 6.07) is 30.2. The van der Waals surface area contributed by atoms with Crippen molar-refractivity contribution in [3.8, 4) is 0 Å². The summed E-state index contributed by atoms with van der Waals surface area (Å²) in [5.41, 5.74) is 4.94. The highest BCUT2D eigenvalue weighted by Gasteiger charge is 2.23. The molecule has 0 bridgehead atoms. The van der Waals surface area contributed by atoms with Gasteiger partial charge in [-0.25, -0.2) is 4.98 Å². The largest absolute Gasteiger partial charge is 0.327 e. The van der Waals surface area contributed by atoms with Gasteiger partial charge in [-0.1, -0.05) is 118 Å². The van der Waals surface area contributed by atoms with Crippen LogP contribution in [0, 0.1) is 0 Å². The molecular weight excluding hydrogens is 376 g/mol. The van der Waals surface area contributed by atoms with E-state index in [0.29, 0.717) is 0 Å². The third kappa shape index (κ3) is 5.25. The Balaban J connectivity index is 1.65. The second kappa shape index (κ2) is 10.9. The van der Waals surface area contributed by atoms with E-state index in [0.717, 1.165) is 17.9 Å². The number of aromatic nitrogens is 2. The molecule has 1 heterocycles. The van der Waals surface area contributed by atoms with E-state index in [4.69, 9.17) is 4.98 Å². The van der Waals surface area contributed by atoms with Crippen LogP contribution < -0.4 is 0 Å². The minimum absolute atomic E-state index is 0.138. The Morgan fingerprint density at radius 2 is 1.19 bits per heavy atom. The molecule has 4 aromatic rings. The molecule has 0 saturated heterocycles. The zero-order chi connectivity index (χ0) is 21.3. The maximum atomic E-state index is 5.17. The van der Waals surface area contributed by atoms with Crippen molar-refractivity contribution in [2.24, 2.45) is 0 Å². The molecule has 0 amide bonds. The van der Waals surface area contributed by atoms with E-state index in [1.165, 1.54) is 61.6 Å². The Morgan fingerprint density at radius 1 is 0.645 bits per heavy atom. The number of hydrogen-bond acceptors (Lipinski definition) is 1. The SMILES string of the molecule is CCCCCCCCCn1c(C(c2ccccc2)c2ccccc2)nc2ccccc21. The monoisotopic (exact) mass is 410 g/mol. The Labute approximate surface area is 187 Å². The first-order valence-corrected chi connectivity index (χ1v) is 11.9. The number of hydrogen-bond donors (Lipinski definition) is 0. The van der Waals surface area contributed by atoms with Crippen LogP contribution in [-0.2, 0) is 6.54 Å². The van der Waals surface area contributed by atoms with Gasteiger partial charge >= 0.3 is 0 Å². The van der Waals surface area contributed by atoms with Crippen LogP contribution in [0.2, 0.25) is 0 Å². The van der Waals surface area contributed by atoms with E-state index in [1.807, 2.05) is 0 Å². The smallest absolute Gasteiger partial charge is 0.121 e. The summed E-state index contributed by atoms with van der Waals surface area (Å²) in [5, 5.41) is 0. The third-order valence-corrected chi connectivity index (χ3v) is 6.19. The Morgan fingerprint density at radius 3 is 1.84 bits per heavy atom. The van der Waals surface area contributed by atoms with Gasteiger partial charge in [-0.3, -0.25) is 0 Å². The zero-order valence-electron chi connectivity index (χ0n) is 18.7. The molecular formula is C29H34N2. The molecule has 0 spiro atoms. The van der Waals surface area contributed by atoms with E-state index >= 15 is 0 Å². The van der Waals surface area contributed by atoms with Crippen molar-refractivity contribution in [2.45, 2.75) is 64.3 Å². The van der Waals surface area contributed by atoms with Gasteiger partial charge in [-0.15, -0.1) is 0 Å². The fourth-order valence-corrected chi connectivity index (χ4v) is 4.56. The number of benzene rings is 3. The molecule has 2 nitrogen and oxygen atoms in total. The van der Waals surface area contributed by atoms with Crippen LogP contribution in [-0.4, -0.2) is 9.55 Å². The maximum Gasteiger partial charge on any atom is 0.121 e. The summed E-state index contributed by atoms with van der Waals surface area (Å²) in [6.07, 6.45) is 9.24. The molecule has 0 N–H and O–H groups in total. The lowest BCUT2D eigenvalue weighted by atomic mass is 9.90. The lowest BCUT2D eigenvalue weighted by molar-refractivity contribution is 0.544. The molecule has 0 aliphatic rings. The van der Waals surface area contributed by atoms with Crippen molar-refractivity contribution in [3.05, 3.63) is 102 Å². The first-order chi connectivity index (χ1) is 15.4. The molecule has 2 heteroatoms. The summed E-state index contributed by atoms with van der Waals surface area (Å²) < 4.78 is 2.48. The van der Waals surface area contributed by atoms with Crippen LogP contribution in [0.4, 0.5) is 0 Å². The lowest BCUT2D eigenvalue weighted by Gasteiger charge is -2.20. The lowest BCUT2D eigenvalue weighted by Crippen LogP contribution is -2.12. The molecule has 160 valence electrons. The topological polar surface area (TPSA) is 17.8 Å². The van der Waals surface area contributed by atoms with Gasteiger partial charge in [0.15, 0.2) is 0 Å². The van der Waals surface area contributed by atoms with Crippen molar-refractivity contribution in [2.75, 3.05) is 0 Å². The molecule has 0 radical (unpaired) electrons. The number of fused-ring (bicyclic) bond motifs is 1. The summed E-state index contributed by atoms with van der Waals surface area (Å²) in [7, 11) is 0. The Kier molecular flexibility index (Phi) is 7.55. The number of imidazole rings is 1. The van der Waals surface area contributed by atoms with Crippen molar-refractivity contribution < 1.29 is 0 Å². The quantitative estimate of drug-likeness (QED) is 0.229. The number of nitrogens with zero attached hydrogens (tertiary/aromatic N) is 2. The van der Waals surface area contributed by atoms with Gasteiger partial charge in [-0.05, 0) is 29.7 Å². The normalized spacial score (nSPS) is 11.4. The molecule has 4 rings (SSSR count). The fraction of sp³-hybridized carbons (Fsp3) is 0.345. The molecule has 0 atom stereocenters. The van der Waals surface area contributed by atoms with E-state index in [1.54, 1.807) is 0 Å². The molecule has 31 heavy (non-hydrogen) atoms. The van der Waals surface area contributed by atoms with Crippen LogP contribution in [0.5, 0.6) is 0 Å². The van der Waals surface area contributed by atoms with Gasteiger partial charge in [0.1, 0.15) is 5.82 Å². The standard InChI is InChI=1S/C29H34N2/c1-2-3-4-5-6-7-16-23-31-27-22-15-14-21-26(27)30-29(31)28(24-17-10-8-11-18-24)25-19-12-9-13-20-25/h8-15,17-22,28H,2-7,16,23H2,1H3. The van der Waals surface area contributed by atoms with Crippen LogP contribution in [0.15, 0.2) is 84.9 Å². The first-order valence-electron chi connectivity index (χ1n) is 11.9. The molecule has 0 aliphatic heterocycles. The number of rotatable bonds is 11. The summed E-state index contributed by atoms with van der Waals surface area (Å²) >= 11 is 0. The number of para-hydroxylation sites is 2. The number of aryl methyl sites for hydroxylation is 1. The maximum absolute atomic E-state index is 5.17. The fourth-order valence-electron chi connectivity index (χ4n) is 4.56. The van der Waals surface area contributed by atoms with Crippen molar-refractivity contribution in [1.29, 1.82) is 0 Å². The van der Waals surface area contributed by atoms with E-state index in [2.05, 4.69) is 96.4 Å². The summed E-state index contributed by atoms with van der Waals surface area (Å²) in [6.45, 7) is 3.31. The second-order valence-electron chi connectivity index (χ2n) is 8.49. The van der Waals surface area contributed by atoms with E-state index in [9.17, 15) is 0 Å². The van der Waals surface area contributed by atoms with Crippen LogP contribution in [0.1, 0.15) is 74.7 Å². The van der Waals surface area contributed by atoms with Crippen molar-refractivity contribution in [1.82, 2.24) is 9.55 Å². The molecule has 0 unspecified atom stereocenters. The minimum atomic E-state index is 0.138. The number of unbranched alkanes of at least 4 members (excludes halogenated alkanes) is 6. The van der Waals surface area contributed by atoms with Gasteiger partial charge in [0.2, 0.25) is 0 Å².